The molecule has 0 aromatic rings. The molecule has 0 radical (unpaired) electrons. The number of carbonyl (C=O) groups excluding carboxylic acids is 2. The average molecular weight is 377 g/mol. The van der Waals surface area contributed by atoms with Crippen molar-refractivity contribution in [3.05, 3.63) is 0 Å². The van der Waals surface area contributed by atoms with E-state index < -0.39 is 22.6 Å². The third-order valence-corrected chi connectivity index (χ3v) is 5.39. The molecule has 2 unspecified atom stereocenters. The Morgan fingerprint density at radius 3 is 2.56 bits per heavy atom. The molecule has 142 valence electrons. The maximum Gasteiger partial charge on any atom is 0.413 e. The molecule has 25 heavy (non-hydrogen) atoms. The molecule has 0 aromatic heterocycles. The van der Waals surface area contributed by atoms with E-state index in [4.69, 9.17) is 4.55 Å². The van der Waals surface area contributed by atoms with Crippen LogP contribution in [0.3, 0.4) is 0 Å². The molecular formula is C13H23N5O6S. The highest BCUT2D eigenvalue weighted by atomic mass is 32.3. The zero-order chi connectivity index (χ0) is 18.2. The van der Waals surface area contributed by atoms with E-state index in [1.807, 2.05) is 0 Å². The van der Waals surface area contributed by atoms with Gasteiger partial charge in [0, 0.05) is 13.1 Å². The van der Waals surface area contributed by atoms with Gasteiger partial charge in [-0.2, -0.15) is 12.7 Å². The molecule has 5 atom stereocenters. The quantitative estimate of drug-likeness (QED) is 0.322. The Balaban J connectivity index is 1.56. The van der Waals surface area contributed by atoms with Gasteiger partial charge < -0.3 is 5.32 Å². The molecule has 2 amide bonds. The van der Waals surface area contributed by atoms with E-state index in [0.717, 1.165) is 13.0 Å². The lowest BCUT2D eigenvalue weighted by Gasteiger charge is -2.31. The lowest BCUT2D eigenvalue weighted by atomic mass is 10.0. The highest BCUT2D eigenvalue weighted by Gasteiger charge is 2.48. The topological polar surface area (TPSA) is 140 Å². The zero-order valence-corrected chi connectivity index (χ0v) is 14.7. The highest BCUT2D eigenvalue weighted by Crippen LogP contribution is 2.33. The molecule has 3 aliphatic heterocycles. The van der Waals surface area contributed by atoms with Gasteiger partial charge in [-0.15, -0.1) is 5.06 Å². The number of nitrogens with one attached hydrogen (secondary N) is 3. The number of hydrazine groups is 1. The van der Waals surface area contributed by atoms with E-state index in [1.165, 1.54) is 5.06 Å². The summed E-state index contributed by atoms with van der Waals surface area (Å²) in [5, 5.41) is 4.28. The van der Waals surface area contributed by atoms with Gasteiger partial charge in [0.1, 0.15) is 0 Å². The normalized spacial score (nSPS) is 35.5. The van der Waals surface area contributed by atoms with Gasteiger partial charge in [0.2, 0.25) is 5.91 Å². The molecular weight excluding hydrogens is 354 g/mol. The minimum absolute atomic E-state index is 0.152. The lowest BCUT2D eigenvalue weighted by Crippen LogP contribution is -2.55. The molecule has 3 rings (SSSR count). The first-order valence-electron chi connectivity index (χ1n) is 8.28. The van der Waals surface area contributed by atoms with Crippen molar-refractivity contribution in [2.24, 2.45) is 5.92 Å². The van der Waals surface area contributed by atoms with Crippen molar-refractivity contribution < 1.29 is 26.8 Å². The SMILES string of the molecule is CC1N2C[C@H](CC[C@H]2C(=O)NNC(=O)[C@@H]2CCNC2)N1OS(=O)(=O)O. The molecule has 0 aliphatic carbocycles. The Hall–Kier alpha value is -1.31. The predicted octanol–water partition coefficient (Wildman–Crippen LogP) is -2.03. The van der Waals surface area contributed by atoms with Crippen LogP contribution in [0.4, 0.5) is 0 Å². The monoisotopic (exact) mass is 377 g/mol. The summed E-state index contributed by atoms with van der Waals surface area (Å²) in [6.07, 6.45) is 1.26. The lowest BCUT2D eigenvalue weighted by molar-refractivity contribution is -0.136. The second kappa shape index (κ2) is 7.13. The molecule has 0 saturated carbocycles. The van der Waals surface area contributed by atoms with Gasteiger partial charge in [-0.3, -0.25) is 29.9 Å². The Bertz CT molecular complexity index is 637. The molecule has 2 bridgehead atoms. The fourth-order valence-corrected chi connectivity index (χ4v) is 4.21. The van der Waals surface area contributed by atoms with Crippen molar-refractivity contribution in [3.8, 4) is 0 Å². The number of carbonyl (C=O) groups is 2. The first-order chi connectivity index (χ1) is 11.8. The van der Waals surface area contributed by atoms with Crippen molar-refractivity contribution >= 4 is 22.2 Å². The number of amides is 2. The van der Waals surface area contributed by atoms with Crippen LogP contribution in [0.15, 0.2) is 0 Å². The second-order valence-electron chi connectivity index (χ2n) is 6.61. The summed E-state index contributed by atoms with van der Waals surface area (Å²) in [5.41, 5.74) is 4.92. The standard InChI is InChI=1S/C13H23N5O6S/c1-8-17-7-10(18(8)24-25(21,22)23)2-3-11(17)13(20)16-15-12(19)9-4-5-14-6-9/h8-11,14H,2-7H2,1H3,(H,15,19)(H,16,20)(H,21,22,23)/t8?,9-,10+,11+/m1/s1. The minimum atomic E-state index is -4.61. The minimum Gasteiger partial charge on any atom is -0.316 e. The fraction of sp³-hybridized carbons (Fsp3) is 0.846. The fourth-order valence-electron chi connectivity index (χ4n) is 3.75. The maximum atomic E-state index is 12.4. The van der Waals surface area contributed by atoms with Crippen LogP contribution in [0.25, 0.3) is 0 Å². The van der Waals surface area contributed by atoms with Crippen LogP contribution in [0, 0.1) is 5.92 Å². The summed E-state index contributed by atoms with van der Waals surface area (Å²) in [7, 11) is -4.61. The van der Waals surface area contributed by atoms with Crippen molar-refractivity contribution in [1.82, 2.24) is 26.1 Å². The number of fused-ring (bicyclic) bond motifs is 2. The molecule has 0 spiro atoms. The van der Waals surface area contributed by atoms with Gasteiger partial charge in [0.05, 0.1) is 24.2 Å². The third-order valence-electron chi connectivity index (χ3n) is 5.03. The van der Waals surface area contributed by atoms with Crippen molar-refractivity contribution in [1.29, 1.82) is 0 Å². The van der Waals surface area contributed by atoms with E-state index in [-0.39, 0.29) is 23.8 Å². The summed E-state index contributed by atoms with van der Waals surface area (Å²) in [6, 6.07) is -0.733. The second-order valence-corrected chi connectivity index (χ2v) is 7.61. The summed E-state index contributed by atoms with van der Waals surface area (Å²) >= 11 is 0. The Labute approximate surface area is 145 Å². The van der Waals surface area contributed by atoms with E-state index in [0.29, 0.717) is 25.9 Å². The number of hydrogen-bond acceptors (Lipinski definition) is 8. The molecule has 3 aliphatic rings. The molecule has 11 nitrogen and oxygen atoms in total. The van der Waals surface area contributed by atoms with Crippen molar-refractivity contribution in [2.75, 3.05) is 19.6 Å². The molecule has 12 heteroatoms. The van der Waals surface area contributed by atoms with Gasteiger partial charge in [-0.25, -0.2) is 0 Å². The number of hydrogen-bond donors (Lipinski definition) is 4. The summed E-state index contributed by atoms with van der Waals surface area (Å²) in [5.74, 6) is -0.725. The third kappa shape index (κ3) is 4.10. The maximum absolute atomic E-state index is 12.4. The predicted molar refractivity (Wildman–Crippen MR) is 84.7 cm³/mol. The molecule has 3 heterocycles. The summed E-state index contributed by atoms with van der Waals surface area (Å²) in [4.78, 5) is 26.2. The van der Waals surface area contributed by atoms with Crippen molar-refractivity contribution in [3.63, 3.8) is 0 Å². The molecule has 3 saturated heterocycles. The summed E-state index contributed by atoms with van der Waals surface area (Å²) < 4.78 is 35.5. The summed E-state index contributed by atoms with van der Waals surface area (Å²) in [6.45, 7) is 3.51. The van der Waals surface area contributed by atoms with Crippen LogP contribution in [0.2, 0.25) is 0 Å². The first kappa shape index (κ1) is 18.5. The van der Waals surface area contributed by atoms with Crippen LogP contribution >= 0.6 is 0 Å². The van der Waals surface area contributed by atoms with Crippen LogP contribution in [0.5, 0.6) is 0 Å². The Morgan fingerprint density at radius 2 is 1.92 bits per heavy atom. The van der Waals surface area contributed by atoms with Crippen molar-refractivity contribution in [2.45, 2.75) is 44.4 Å². The smallest absolute Gasteiger partial charge is 0.316 e. The Morgan fingerprint density at radius 1 is 1.20 bits per heavy atom. The Kier molecular flexibility index (Phi) is 5.27. The first-order valence-corrected chi connectivity index (χ1v) is 9.64. The van der Waals surface area contributed by atoms with Crippen LogP contribution < -0.4 is 16.2 Å². The van der Waals surface area contributed by atoms with Crippen LogP contribution in [0.1, 0.15) is 26.2 Å². The van der Waals surface area contributed by atoms with E-state index in [9.17, 15) is 18.0 Å². The van der Waals surface area contributed by atoms with Crippen LogP contribution in [-0.4, -0.2) is 72.6 Å². The number of piperidine rings is 1. The van der Waals surface area contributed by atoms with E-state index in [1.54, 1.807) is 11.8 Å². The number of nitrogens with zero attached hydrogens (tertiary/aromatic N) is 2. The van der Waals surface area contributed by atoms with Gasteiger partial charge in [-0.1, -0.05) is 0 Å². The average Bonchev–Trinajstić information content (AvgIpc) is 3.16. The van der Waals surface area contributed by atoms with E-state index in [2.05, 4.69) is 20.5 Å². The number of hydroxylamine groups is 2. The van der Waals surface area contributed by atoms with Crippen LogP contribution in [-0.2, 0) is 24.3 Å². The molecule has 0 aromatic carbocycles. The van der Waals surface area contributed by atoms with Gasteiger partial charge >= 0.3 is 10.4 Å². The highest BCUT2D eigenvalue weighted by molar-refractivity contribution is 7.80. The van der Waals surface area contributed by atoms with Gasteiger partial charge in [-0.05, 0) is 32.7 Å². The van der Waals surface area contributed by atoms with E-state index >= 15 is 0 Å². The van der Waals surface area contributed by atoms with Gasteiger partial charge in [0.25, 0.3) is 5.91 Å². The number of rotatable bonds is 4. The molecule has 3 fully saturated rings. The molecule has 4 N–H and O–H groups in total. The largest absolute Gasteiger partial charge is 0.413 e. The van der Waals surface area contributed by atoms with Gasteiger partial charge in [0.15, 0.2) is 0 Å². The zero-order valence-electron chi connectivity index (χ0n) is 13.8.